The lowest BCUT2D eigenvalue weighted by molar-refractivity contribution is -0.142. The van der Waals surface area contributed by atoms with Gasteiger partial charge in [-0.3, -0.25) is 14.4 Å². The average molecular weight is 572 g/mol. The van der Waals surface area contributed by atoms with Gasteiger partial charge in [-0.15, -0.1) is 0 Å². The van der Waals surface area contributed by atoms with Crippen LogP contribution in [0.4, 0.5) is 0 Å². The summed E-state index contributed by atoms with van der Waals surface area (Å²) >= 11 is 0. The van der Waals surface area contributed by atoms with Gasteiger partial charge in [0, 0.05) is 5.92 Å². The number of carboxylic acids is 1. The third-order valence-electron chi connectivity index (χ3n) is 11.1. The number of allylic oxidation sites excluding steroid dienone is 2. The van der Waals surface area contributed by atoms with E-state index in [-0.39, 0.29) is 23.4 Å². The molecule has 9 heteroatoms. The monoisotopic (exact) mass is 571 g/mol. The van der Waals surface area contributed by atoms with E-state index in [9.17, 15) is 24.3 Å². The van der Waals surface area contributed by atoms with Crippen LogP contribution in [0.1, 0.15) is 105 Å². The zero-order valence-electron chi connectivity index (χ0n) is 25.5. The van der Waals surface area contributed by atoms with Crippen molar-refractivity contribution in [3.63, 3.8) is 0 Å². The molecule has 0 aliphatic heterocycles. The van der Waals surface area contributed by atoms with Crippen molar-refractivity contribution < 1.29 is 29.1 Å². The van der Waals surface area contributed by atoms with Crippen LogP contribution in [0.15, 0.2) is 16.8 Å². The number of fused-ring (bicyclic) bond motifs is 5. The van der Waals surface area contributed by atoms with Crippen molar-refractivity contribution in [2.75, 3.05) is 6.61 Å². The second kappa shape index (κ2) is 12.7. The van der Waals surface area contributed by atoms with Crippen molar-refractivity contribution in [2.45, 2.75) is 117 Å². The van der Waals surface area contributed by atoms with Gasteiger partial charge in [0.2, 0.25) is 5.91 Å². The number of carboxylic acid groups (broad SMARTS) is 1. The van der Waals surface area contributed by atoms with Crippen molar-refractivity contribution in [3.8, 4) is 0 Å². The second-order valence-corrected chi connectivity index (χ2v) is 13.5. The highest BCUT2D eigenvalue weighted by atomic mass is 16.6. The maximum atomic E-state index is 12.4. The summed E-state index contributed by atoms with van der Waals surface area (Å²) in [5, 5.41) is 18.6. The van der Waals surface area contributed by atoms with Crippen LogP contribution in [0, 0.1) is 34.5 Å². The number of Topliss-reactive ketones (excluding diaryl/α,β-unsaturated/α-hetero) is 1. The minimum atomic E-state index is -1.09. The van der Waals surface area contributed by atoms with Crippen LogP contribution < -0.4 is 10.6 Å². The molecule has 41 heavy (non-hydrogen) atoms. The summed E-state index contributed by atoms with van der Waals surface area (Å²) < 4.78 is 0. The van der Waals surface area contributed by atoms with Crippen LogP contribution >= 0.6 is 0 Å². The predicted octanol–water partition coefficient (Wildman–Crippen LogP) is 4.79. The minimum absolute atomic E-state index is 0.142. The fraction of sp³-hybridized carbons (Fsp3) is 0.781. The number of carbonyl (C=O) groups excluding carboxylic acids is 3. The van der Waals surface area contributed by atoms with Gasteiger partial charge in [0.15, 0.2) is 6.61 Å². The van der Waals surface area contributed by atoms with Crippen molar-refractivity contribution >= 4 is 29.3 Å². The zero-order chi connectivity index (χ0) is 29.9. The molecule has 0 spiro atoms. The number of aliphatic carboxylic acids is 1. The average Bonchev–Trinajstić information content (AvgIpc) is 3.28. The molecule has 0 aromatic rings. The summed E-state index contributed by atoms with van der Waals surface area (Å²) in [4.78, 5) is 53.9. The molecule has 0 unspecified atom stereocenters. The number of oxime groups is 1. The molecule has 0 heterocycles. The summed E-state index contributed by atoms with van der Waals surface area (Å²) in [6, 6.07) is -1.86. The molecule has 0 saturated heterocycles. The summed E-state index contributed by atoms with van der Waals surface area (Å²) in [7, 11) is 0. The van der Waals surface area contributed by atoms with E-state index >= 15 is 0 Å². The maximum absolute atomic E-state index is 12.4. The predicted molar refractivity (Wildman–Crippen MR) is 156 cm³/mol. The van der Waals surface area contributed by atoms with E-state index in [1.165, 1.54) is 25.3 Å². The van der Waals surface area contributed by atoms with E-state index in [4.69, 9.17) is 4.84 Å². The molecule has 3 N–H and O–H groups in total. The lowest BCUT2D eigenvalue weighted by Gasteiger charge is -2.58. The van der Waals surface area contributed by atoms with Gasteiger partial charge in [-0.05, 0) is 106 Å². The fourth-order valence-electron chi connectivity index (χ4n) is 8.80. The Morgan fingerprint density at radius 1 is 1.07 bits per heavy atom. The lowest BCUT2D eigenvalue weighted by atomic mass is 9.46. The molecule has 228 valence electrons. The normalized spacial score (nSPS) is 34.8. The van der Waals surface area contributed by atoms with Gasteiger partial charge in [-0.1, -0.05) is 44.3 Å². The third kappa shape index (κ3) is 6.38. The Morgan fingerprint density at radius 2 is 1.83 bits per heavy atom. The molecule has 4 rings (SSSR count). The van der Waals surface area contributed by atoms with Gasteiger partial charge < -0.3 is 20.6 Å². The zero-order valence-corrected chi connectivity index (χ0v) is 25.5. The third-order valence-corrected chi connectivity index (χ3v) is 11.1. The summed E-state index contributed by atoms with van der Waals surface area (Å²) in [5.41, 5.74) is 2.57. The number of hydrogen-bond acceptors (Lipinski definition) is 6. The number of nitrogens with zero attached hydrogens (tertiary/aromatic N) is 1. The molecule has 3 saturated carbocycles. The molecule has 4 aliphatic carbocycles. The SMILES string of the molecule is CCCC[C@H](NC(=O)[C@H](C)NC(=O)CON=C1C=C2CC[C@H]3[C@@H]4CC[C@H](C(C)=O)[C@@]4(C)CC[C@@H]3[C@@]2(C)CC1)C(=O)O. The second-order valence-electron chi connectivity index (χ2n) is 13.5. The fourth-order valence-corrected chi connectivity index (χ4v) is 8.80. The summed E-state index contributed by atoms with van der Waals surface area (Å²) in [6.07, 6.45) is 12.6. The van der Waals surface area contributed by atoms with Gasteiger partial charge in [-0.2, -0.15) is 0 Å². The molecule has 0 aromatic carbocycles. The minimum Gasteiger partial charge on any atom is -0.480 e. The van der Waals surface area contributed by atoms with Gasteiger partial charge in [0.1, 0.15) is 17.9 Å². The summed E-state index contributed by atoms with van der Waals surface area (Å²) in [5.74, 6) is 0.427. The van der Waals surface area contributed by atoms with E-state index in [1.807, 2.05) is 6.92 Å². The number of nitrogens with one attached hydrogen (secondary N) is 2. The van der Waals surface area contributed by atoms with Gasteiger partial charge >= 0.3 is 5.97 Å². The molecule has 3 fully saturated rings. The number of amides is 2. The molecule has 9 nitrogen and oxygen atoms in total. The topological polar surface area (TPSA) is 134 Å². The Hall–Kier alpha value is -2.71. The number of carbonyl (C=O) groups is 4. The Kier molecular flexibility index (Phi) is 9.64. The van der Waals surface area contributed by atoms with Crippen molar-refractivity contribution in [2.24, 2.45) is 39.7 Å². The van der Waals surface area contributed by atoms with Crippen LogP contribution in [0.3, 0.4) is 0 Å². The van der Waals surface area contributed by atoms with Crippen LogP contribution in [0.2, 0.25) is 0 Å². The van der Waals surface area contributed by atoms with Crippen molar-refractivity contribution in [1.29, 1.82) is 0 Å². The van der Waals surface area contributed by atoms with E-state index in [2.05, 4.69) is 35.7 Å². The largest absolute Gasteiger partial charge is 0.480 e. The Bertz CT molecular complexity index is 1100. The molecule has 8 atom stereocenters. The Labute approximate surface area is 244 Å². The highest BCUT2D eigenvalue weighted by Crippen LogP contribution is 2.66. The van der Waals surface area contributed by atoms with Gasteiger partial charge in [0.25, 0.3) is 5.91 Å². The molecule has 2 amide bonds. The quantitative estimate of drug-likeness (QED) is 0.305. The number of rotatable bonds is 11. The molecule has 0 radical (unpaired) electrons. The number of unbranched alkanes of at least 4 members (excludes halogenated alkanes) is 1. The highest BCUT2D eigenvalue weighted by molar-refractivity contribution is 5.96. The lowest BCUT2D eigenvalue weighted by Crippen LogP contribution is -2.51. The van der Waals surface area contributed by atoms with E-state index in [0.29, 0.717) is 36.4 Å². The highest BCUT2D eigenvalue weighted by Gasteiger charge is 2.59. The van der Waals surface area contributed by atoms with Crippen LogP contribution in [-0.2, 0) is 24.0 Å². The molecular weight excluding hydrogens is 522 g/mol. The Morgan fingerprint density at radius 3 is 2.51 bits per heavy atom. The van der Waals surface area contributed by atoms with Crippen LogP contribution in [0.5, 0.6) is 0 Å². The van der Waals surface area contributed by atoms with Gasteiger partial charge in [-0.25, -0.2) is 4.79 Å². The van der Waals surface area contributed by atoms with E-state index in [1.54, 1.807) is 6.92 Å². The molecular formula is C32H49N3O6. The van der Waals surface area contributed by atoms with E-state index in [0.717, 1.165) is 50.7 Å². The molecule has 4 aliphatic rings. The Balaban J connectivity index is 1.30. The standard InChI is InChI=1S/C32H49N3O6/c1-6-7-8-27(30(39)40)34-29(38)19(2)33-28(37)18-41-35-22-13-15-31(4)21(17-22)9-10-23-25-12-11-24(20(3)36)32(25,5)16-14-26(23)31/h17,19,23-27H,6-16,18H2,1-5H3,(H,33,37)(H,34,38)(H,39,40)/t19-,23-,24+,25-,26-,27-,31-,32+/m0/s1. The van der Waals surface area contributed by atoms with E-state index < -0.39 is 29.9 Å². The van der Waals surface area contributed by atoms with Crippen molar-refractivity contribution in [1.82, 2.24) is 10.6 Å². The first kappa shape index (κ1) is 31.2. The first-order valence-corrected chi connectivity index (χ1v) is 15.6. The van der Waals surface area contributed by atoms with Crippen molar-refractivity contribution in [3.05, 3.63) is 11.6 Å². The molecule has 0 bridgehead atoms. The van der Waals surface area contributed by atoms with Crippen LogP contribution in [0.25, 0.3) is 0 Å². The molecule has 0 aromatic heterocycles. The number of ketones is 1. The first-order chi connectivity index (χ1) is 19.4. The smallest absolute Gasteiger partial charge is 0.326 e. The maximum Gasteiger partial charge on any atom is 0.326 e. The van der Waals surface area contributed by atoms with Crippen LogP contribution in [-0.4, -0.2) is 53.1 Å². The van der Waals surface area contributed by atoms with Gasteiger partial charge in [0.05, 0.1) is 5.71 Å². The first-order valence-electron chi connectivity index (χ1n) is 15.6. The summed E-state index contributed by atoms with van der Waals surface area (Å²) in [6.45, 7) is 9.73. The number of hydrogen-bond donors (Lipinski definition) is 3.